The Balaban J connectivity index is 0.000000316. The Kier molecular flexibility index (Phi) is 11.1. The number of pyridine rings is 2. The van der Waals surface area contributed by atoms with Crippen LogP contribution in [0, 0.1) is 13.8 Å². The Hall–Kier alpha value is -4.87. The first kappa shape index (κ1) is 31.7. The molecule has 0 aliphatic heterocycles. The summed E-state index contributed by atoms with van der Waals surface area (Å²) < 4.78 is 2.18. The van der Waals surface area contributed by atoms with Gasteiger partial charge in [-0.3, -0.25) is 19.5 Å². The van der Waals surface area contributed by atoms with Crippen LogP contribution in [-0.4, -0.2) is 63.4 Å². The highest BCUT2D eigenvalue weighted by Crippen LogP contribution is 2.18. The highest BCUT2D eigenvalue weighted by Gasteiger charge is 2.40. The number of benzene rings is 1. The molecule has 0 atom stereocenters. The van der Waals surface area contributed by atoms with Crippen molar-refractivity contribution in [2.24, 2.45) is 0 Å². The summed E-state index contributed by atoms with van der Waals surface area (Å²) in [6.45, 7) is 6.80. The van der Waals surface area contributed by atoms with Crippen molar-refractivity contribution in [3.63, 3.8) is 0 Å². The molecular weight excluding hydrogens is 540 g/mol. The fourth-order valence-corrected chi connectivity index (χ4v) is 4.23. The average molecular weight is 575 g/mol. The van der Waals surface area contributed by atoms with E-state index in [0.29, 0.717) is 0 Å². The molecule has 0 bridgehead atoms. The summed E-state index contributed by atoms with van der Waals surface area (Å²) in [7, 11) is 0. The number of hydrogen-bond donors (Lipinski definition) is 4. The zero-order chi connectivity index (χ0) is 30.7. The number of rotatable bonds is 12. The summed E-state index contributed by atoms with van der Waals surface area (Å²) >= 11 is 0. The van der Waals surface area contributed by atoms with Gasteiger partial charge in [0.2, 0.25) is 0 Å². The molecule has 0 spiro atoms. The Morgan fingerprint density at radius 2 is 1.38 bits per heavy atom. The fraction of sp³-hybridized carbons (Fsp3) is 0.258. The molecular formula is C31H34N4O7. The molecule has 4 N–H and O–H groups in total. The molecule has 0 radical (unpaired) electrons. The highest BCUT2D eigenvalue weighted by molar-refractivity contribution is 5.88. The summed E-state index contributed by atoms with van der Waals surface area (Å²) in [5, 5.41) is 33.8. The van der Waals surface area contributed by atoms with E-state index in [4.69, 9.17) is 20.4 Å². The van der Waals surface area contributed by atoms with Crippen molar-refractivity contribution in [2.45, 2.75) is 51.9 Å². The van der Waals surface area contributed by atoms with Gasteiger partial charge in [-0.25, -0.2) is 9.78 Å². The van der Waals surface area contributed by atoms with E-state index in [0.717, 1.165) is 25.5 Å². The molecule has 0 aliphatic rings. The van der Waals surface area contributed by atoms with Gasteiger partial charge in [0.15, 0.2) is 5.60 Å². The van der Waals surface area contributed by atoms with Crippen molar-refractivity contribution in [1.29, 1.82) is 0 Å². The number of aliphatic carboxylic acids is 3. The summed E-state index contributed by atoms with van der Waals surface area (Å²) in [5.41, 5.74) is 3.56. The molecule has 0 unspecified atom stereocenters. The maximum atomic E-state index is 10.3. The lowest BCUT2D eigenvalue weighted by atomic mass is 9.96. The molecule has 0 amide bonds. The normalized spacial score (nSPS) is 11.0. The van der Waals surface area contributed by atoms with Gasteiger partial charge < -0.3 is 25.0 Å². The van der Waals surface area contributed by atoms with Crippen LogP contribution in [0.15, 0.2) is 85.5 Å². The van der Waals surface area contributed by atoms with Crippen LogP contribution in [-0.2, 0) is 34.0 Å². The third-order valence-electron chi connectivity index (χ3n) is 6.33. The minimum atomic E-state index is -2.74. The first-order chi connectivity index (χ1) is 19.9. The minimum absolute atomic E-state index is 0.832. The van der Waals surface area contributed by atoms with Crippen LogP contribution in [0.2, 0.25) is 0 Å². The molecule has 220 valence electrons. The smallest absolute Gasteiger partial charge is 0.336 e. The van der Waals surface area contributed by atoms with Gasteiger partial charge in [0.25, 0.3) is 0 Å². The topological polar surface area (TPSA) is 166 Å². The largest absolute Gasteiger partial charge is 0.481 e. The van der Waals surface area contributed by atoms with E-state index in [1.54, 1.807) is 0 Å². The van der Waals surface area contributed by atoms with Crippen LogP contribution in [0.5, 0.6) is 0 Å². The van der Waals surface area contributed by atoms with Crippen LogP contribution >= 0.6 is 0 Å². The highest BCUT2D eigenvalue weighted by atomic mass is 16.4. The zero-order valence-electron chi connectivity index (χ0n) is 23.4. The lowest BCUT2D eigenvalue weighted by molar-refractivity contribution is -0.170. The first-order valence-corrected chi connectivity index (χ1v) is 13.1. The third kappa shape index (κ3) is 9.65. The number of aromatic nitrogens is 3. The van der Waals surface area contributed by atoms with E-state index in [-0.39, 0.29) is 0 Å². The van der Waals surface area contributed by atoms with Gasteiger partial charge in [-0.2, -0.15) is 0 Å². The number of carboxylic acids is 3. The summed E-state index contributed by atoms with van der Waals surface area (Å²) in [4.78, 5) is 41.7. The molecule has 3 aromatic heterocycles. The van der Waals surface area contributed by atoms with Gasteiger partial charge in [-0.05, 0) is 66.9 Å². The summed E-state index contributed by atoms with van der Waals surface area (Å²) in [6.07, 6.45) is 5.39. The maximum absolute atomic E-state index is 10.3. The Bertz CT molecular complexity index is 1470. The van der Waals surface area contributed by atoms with Crippen molar-refractivity contribution in [1.82, 2.24) is 19.4 Å². The van der Waals surface area contributed by atoms with Gasteiger partial charge in [0, 0.05) is 50.1 Å². The van der Waals surface area contributed by atoms with E-state index in [9.17, 15) is 14.4 Å². The van der Waals surface area contributed by atoms with E-state index >= 15 is 0 Å². The van der Waals surface area contributed by atoms with Crippen molar-refractivity contribution in [2.75, 3.05) is 0 Å². The minimum Gasteiger partial charge on any atom is -0.481 e. The Labute approximate surface area is 243 Å². The lowest BCUT2D eigenvalue weighted by Gasteiger charge is -2.23. The zero-order valence-corrected chi connectivity index (χ0v) is 23.4. The monoisotopic (exact) mass is 574 g/mol. The van der Waals surface area contributed by atoms with Gasteiger partial charge in [0.05, 0.1) is 12.8 Å². The molecule has 0 saturated heterocycles. The lowest BCUT2D eigenvalue weighted by Crippen LogP contribution is -2.42. The van der Waals surface area contributed by atoms with Crippen molar-refractivity contribution >= 4 is 17.9 Å². The van der Waals surface area contributed by atoms with Crippen LogP contribution in [0.1, 0.15) is 40.8 Å². The van der Waals surface area contributed by atoms with Gasteiger partial charge >= 0.3 is 17.9 Å². The number of nitrogens with zero attached hydrogens (tertiary/aromatic N) is 4. The molecule has 0 fully saturated rings. The quantitative estimate of drug-likeness (QED) is 0.195. The number of aliphatic hydroxyl groups is 1. The van der Waals surface area contributed by atoms with Gasteiger partial charge in [-0.1, -0.05) is 29.8 Å². The Morgan fingerprint density at radius 1 is 0.786 bits per heavy atom. The molecule has 11 nitrogen and oxygen atoms in total. The second kappa shape index (κ2) is 14.7. The molecule has 3 heterocycles. The average Bonchev–Trinajstić information content (AvgIpc) is 3.38. The number of aryl methyl sites for hydroxylation is 2. The predicted molar refractivity (Wildman–Crippen MR) is 154 cm³/mol. The third-order valence-corrected chi connectivity index (χ3v) is 6.33. The number of carboxylic acid groups (broad SMARTS) is 3. The molecule has 4 aromatic rings. The van der Waals surface area contributed by atoms with E-state index in [1.807, 2.05) is 24.7 Å². The van der Waals surface area contributed by atoms with Crippen LogP contribution < -0.4 is 0 Å². The second-order valence-electron chi connectivity index (χ2n) is 10.0. The van der Waals surface area contributed by atoms with Crippen LogP contribution in [0.4, 0.5) is 0 Å². The van der Waals surface area contributed by atoms with Crippen LogP contribution in [0.25, 0.3) is 5.82 Å². The van der Waals surface area contributed by atoms with Gasteiger partial charge in [0.1, 0.15) is 5.82 Å². The molecule has 0 saturated carbocycles. The van der Waals surface area contributed by atoms with Gasteiger partial charge in [-0.15, -0.1) is 0 Å². The van der Waals surface area contributed by atoms with E-state index < -0.39 is 36.4 Å². The van der Waals surface area contributed by atoms with Crippen LogP contribution in [0.3, 0.4) is 0 Å². The summed E-state index contributed by atoms with van der Waals surface area (Å²) in [5.74, 6) is -4.06. The van der Waals surface area contributed by atoms with E-state index in [2.05, 4.69) is 94.1 Å². The van der Waals surface area contributed by atoms with Crippen molar-refractivity contribution in [3.05, 3.63) is 113 Å². The van der Waals surface area contributed by atoms with Crippen molar-refractivity contribution in [3.8, 4) is 5.82 Å². The standard InChI is InChI=1S/C25H26N4.C6H8O7/c1-20-5-7-22(8-6-20)17-28(18-23-10-12-26-13-11-23)19-24-4-3-15-29(24)25-16-21(2)9-14-27-25;7-3(8)1-6(13,5(11)12)2-4(9)10/h3-16H,17-19H2,1-2H3;13H,1-2H2,(H,7,8)(H,9,10)(H,11,12). The molecule has 11 heteroatoms. The van der Waals surface area contributed by atoms with Crippen molar-refractivity contribution < 1.29 is 34.8 Å². The molecule has 0 aliphatic carbocycles. The Morgan fingerprint density at radius 3 is 1.93 bits per heavy atom. The maximum Gasteiger partial charge on any atom is 0.336 e. The fourth-order valence-electron chi connectivity index (χ4n) is 4.23. The number of hydrogen-bond acceptors (Lipinski definition) is 7. The first-order valence-electron chi connectivity index (χ1n) is 13.1. The van der Waals surface area contributed by atoms with E-state index in [1.165, 1.54) is 27.9 Å². The summed E-state index contributed by atoms with van der Waals surface area (Å²) in [6, 6.07) is 21.4. The SMILES string of the molecule is Cc1ccc(CN(Cc2ccncc2)Cc2cccn2-c2cc(C)ccn2)cc1.O=C(O)CC(O)(CC(=O)O)C(=O)O. The second-order valence-corrected chi connectivity index (χ2v) is 10.0. The predicted octanol–water partition coefficient (Wildman–Crippen LogP) is 3.84. The molecule has 1 aromatic carbocycles. The number of carbonyl (C=O) groups is 3. The molecule has 42 heavy (non-hydrogen) atoms. The molecule has 4 rings (SSSR count).